The van der Waals surface area contributed by atoms with Crippen molar-refractivity contribution in [2.45, 2.75) is 13.3 Å². The van der Waals surface area contributed by atoms with Gasteiger partial charge in [0.1, 0.15) is 0 Å². The van der Waals surface area contributed by atoms with Gasteiger partial charge in [-0.2, -0.15) is 0 Å². The molecule has 1 amide bonds. The lowest BCUT2D eigenvalue weighted by molar-refractivity contribution is -0.130. The summed E-state index contributed by atoms with van der Waals surface area (Å²) in [7, 11) is 0. The van der Waals surface area contributed by atoms with Gasteiger partial charge in [-0.1, -0.05) is 6.07 Å². The van der Waals surface area contributed by atoms with Crippen LogP contribution in [0.4, 0.5) is 0 Å². The second kappa shape index (κ2) is 6.14. The molecule has 0 unspecified atom stereocenters. The highest BCUT2D eigenvalue weighted by Crippen LogP contribution is 1.99. The summed E-state index contributed by atoms with van der Waals surface area (Å²) < 4.78 is 0. The fourth-order valence-corrected chi connectivity index (χ4v) is 1.35. The van der Waals surface area contributed by atoms with Gasteiger partial charge in [-0.3, -0.25) is 9.78 Å². The molecule has 0 aliphatic heterocycles. The van der Waals surface area contributed by atoms with E-state index in [1.807, 2.05) is 25.1 Å². The Morgan fingerprint density at radius 3 is 2.87 bits per heavy atom. The number of carbonyl (C=O) groups excluding carboxylic acids is 1. The topological polar surface area (TPSA) is 53.4 Å². The molecule has 15 heavy (non-hydrogen) atoms. The van der Waals surface area contributed by atoms with Crippen LogP contribution in [0.15, 0.2) is 24.4 Å². The number of nitrogens with zero attached hydrogens (tertiary/aromatic N) is 2. The summed E-state index contributed by atoms with van der Waals surface area (Å²) in [5.74, 6) is 0.00486. The highest BCUT2D eigenvalue weighted by Gasteiger charge is 2.11. The summed E-state index contributed by atoms with van der Waals surface area (Å²) in [6.07, 6.45) is 1.97. The minimum absolute atomic E-state index is 0.00178. The molecule has 0 aromatic carbocycles. The standard InChI is InChI=1S/C11H16N2O2/c1-2-13(7-8-14)11(15)9-10-5-3-4-6-12-10/h3-6,14H,2,7-9H2,1H3. The zero-order chi connectivity index (χ0) is 11.1. The van der Waals surface area contributed by atoms with E-state index in [-0.39, 0.29) is 12.5 Å². The monoisotopic (exact) mass is 208 g/mol. The highest BCUT2D eigenvalue weighted by atomic mass is 16.3. The average molecular weight is 208 g/mol. The minimum atomic E-state index is 0.00178. The first kappa shape index (κ1) is 11.7. The van der Waals surface area contributed by atoms with Crippen molar-refractivity contribution in [2.75, 3.05) is 19.7 Å². The SMILES string of the molecule is CCN(CCO)C(=O)Cc1ccccn1. The molecule has 0 saturated heterocycles. The lowest BCUT2D eigenvalue weighted by Crippen LogP contribution is -2.34. The van der Waals surface area contributed by atoms with Crippen molar-refractivity contribution >= 4 is 5.91 Å². The van der Waals surface area contributed by atoms with Gasteiger partial charge in [0, 0.05) is 25.0 Å². The predicted octanol–water partition coefficient (Wildman–Crippen LogP) is 0.465. The first-order valence-electron chi connectivity index (χ1n) is 5.06. The van der Waals surface area contributed by atoms with E-state index in [4.69, 9.17) is 5.11 Å². The van der Waals surface area contributed by atoms with Crippen molar-refractivity contribution in [1.82, 2.24) is 9.88 Å². The van der Waals surface area contributed by atoms with E-state index in [1.165, 1.54) is 0 Å². The van der Waals surface area contributed by atoms with Gasteiger partial charge in [0.25, 0.3) is 0 Å². The van der Waals surface area contributed by atoms with Crippen LogP contribution in [-0.4, -0.2) is 40.6 Å². The Kier molecular flexibility index (Phi) is 4.77. The molecule has 1 aromatic heterocycles. The van der Waals surface area contributed by atoms with Crippen LogP contribution < -0.4 is 0 Å². The number of aliphatic hydroxyl groups is 1. The van der Waals surface area contributed by atoms with Gasteiger partial charge in [-0.15, -0.1) is 0 Å². The van der Waals surface area contributed by atoms with Crippen LogP contribution in [0.5, 0.6) is 0 Å². The van der Waals surface area contributed by atoms with E-state index in [0.717, 1.165) is 5.69 Å². The van der Waals surface area contributed by atoms with Crippen LogP contribution in [0.3, 0.4) is 0 Å². The van der Waals surface area contributed by atoms with Crippen LogP contribution in [0.25, 0.3) is 0 Å². The average Bonchev–Trinajstić information content (AvgIpc) is 2.27. The Bertz CT molecular complexity index is 301. The molecule has 4 heteroatoms. The molecule has 1 N–H and O–H groups in total. The molecular weight excluding hydrogens is 192 g/mol. The van der Waals surface area contributed by atoms with Crippen molar-refractivity contribution < 1.29 is 9.90 Å². The lowest BCUT2D eigenvalue weighted by atomic mass is 10.2. The summed E-state index contributed by atoms with van der Waals surface area (Å²) in [6.45, 7) is 2.90. The van der Waals surface area contributed by atoms with Crippen LogP contribution in [-0.2, 0) is 11.2 Å². The van der Waals surface area contributed by atoms with E-state index < -0.39 is 0 Å². The largest absolute Gasteiger partial charge is 0.395 e. The van der Waals surface area contributed by atoms with Gasteiger partial charge in [-0.05, 0) is 19.1 Å². The Hall–Kier alpha value is -1.42. The van der Waals surface area contributed by atoms with Crippen molar-refractivity contribution in [3.8, 4) is 0 Å². The van der Waals surface area contributed by atoms with Crippen LogP contribution in [0.1, 0.15) is 12.6 Å². The molecule has 1 aromatic rings. The molecule has 0 aliphatic carbocycles. The van der Waals surface area contributed by atoms with Gasteiger partial charge >= 0.3 is 0 Å². The minimum Gasteiger partial charge on any atom is -0.395 e. The van der Waals surface area contributed by atoms with Crippen LogP contribution >= 0.6 is 0 Å². The quantitative estimate of drug-likeness (QED) is 0.765. The third-order valence-corrected chi connectivity index (χ3v) is 2.16. The third kappa shape index (κ3) is 3.67. The summed E-state index contributed by atoms with van der Waals surface area (Å²) in [5, 5.41) is 8.77. The van der Waals surface area contributed by atoms with Crippen LogP contribution in [0.2, 0.25) is 0 Å². The summed E-state index contributed by atoms with van der Waals surface area (Å²) in [5.41, 5.74) is 0.763. The number of aliphatic hydroxyl groups excluding tert-OH is 1. The van der Waals surface area contributed by atoms with E-state index in [9.17, 15) is 4.79 Å². The zero-order valence-corrected chi connectivity index (χ0v) is 8.89. The highest BCUT2D eigenvalue weighted by molar-refractivity contribution is 5.78. The van der Waals surface area contributed by atoms with E-state index >= 15 is 0 Å². The van der Waals surface area contributed by atoms with E-state index in [0.29, 0.717) is 19.5 Å². The predicted molar refractivity (Wildman–Crippen MR) is 57.3 cm³/mol. The third-order valence-electron chi connectivity index (χ3n) is 2.16. The molecule has 0 atom stereocenters. The molecule has 0 bridgehead atoms. The molecule has 0 saturated carbocycles. The smallest absolute Gasteiger partial charge is 0.228 e. The fourth-order valence-electron chi connectivity index (χ4n) is 1.35. The van der Waals surface area contributed by atoms with E-state index in [1.54, 1.807) is 11.1 Å². The molecule has 1 heterocycles. The maximum Gasteiger partial charge on any atom is 0.228 e. The second-order valence-corrected chi connectivity index (χ2v) is 3.19. The molecule has 0 fully saturated rings. The first-order chi connectivity index (χ1) is 7.27. The molecule has 4 nitrogen and oxygen atoms in total. The number of pyridine rings is 1. The molecule has 0 spiro atoms. The number of carbonyl (C=O) groups is 1. The maximum atomic E-state index is 11.7. The Labute approximate surface area is 89.6 Å². The number of hydrogen-bond donors (Lipinski definition) is 1. The van der Waals surface area contributed by atoms with Gasteiger partial charge in [0.2, 0.25) is 5.91 Å². The molecule has 1 rings (SSSR count). The van der Waals surface area contributed by atoms with Crippen molar-refractivity contribution in [2.24, 2.45) is 0 Å². The second-order valence-electron chi connectivity index (χ2n) is 3.19. The Morgan fingerprint density at radius 2 is 2.33 bits per heavy atom. The number of aromatic nitrogens is 1. The van der Waals surface area contributed by atoms with Gasteiger partial charge in [0.15, 0.2) is 0 Å². The first-order valence-corrected chi connectivity index (χ1v) is 5.06. The molecule has 82 valence electrons. The van der Waals surface area contributed by atoms with Gasteiger partial charge in [0.05, 0.1) is 13.0 Å². The van der Waals surface area contributed by atoms with Crippen LogP contribution in [0, 0.1) is 0 Å². The number of likely N-dealkylation sites (N-methyl/N-ethyl adjacent to an activating group) is 1. The van der Waals surface area contributed by atoms with Gasteiger partial charge < -0.3 is 10.0 Å². The molecule has 0 aliphatic rings. The normalized spacial score (nSPS) is 10.0. The maximum absolute atomic E-state index is 11.7. The van der Waals surface area contributed by atoms with E-state index in [2.05, 4.69) is 4.98 Å². The lowest BCUT2D eigenvalue weighted by Gasteiger charge is -2.19. The fraction of sp³-hybridized carbons (Fsp3) is 0.455. The summed E-state index contributed by atoms with van der Waals surface area (Å²) >= 11 is 0. The number of rotatable bonds is 5. The van der Waals surface area contributed by atoms with Crippen molar-refractivity contribution in [1.29, 1.82) is 0 Å². The van der Waals surface area contributed by atoms with Gasteiger partial charge in [-0.25, -0.2) is 0 Å². The Balaban J connectivity index is 2.54. The summed E-state index contributed by atoms with van der Waals surface area (Å²) in [6, 6.07) is 5.50. The Morgan fingerprint density at radius 1 is 1.53 bits per heavy atom. The molecular formula is C11H16N2O2. The zero-order valence-electron chi connectivity index (χ0n) is 8.89. The number of amides is 1. The van der Waals surface area contributed by atoms with Crippen molar-refractivity contribution in [3.05, 3.63) is 30.1 Å². The number of hydrogen-bond acceptors (Lipinski definition) is 3. The summed E-state index contributed by atoms with van der Waals surface area (Å²) in [4.78, 5) is 17.4. The van der Waals surface area contributed by atoms with Crippen molar-refractivity contribution in [3.63, 3.8) is 0 Å². The molecule has 0 radical (unpaired) electrons.